The Balaban J connectivity index is 0.977. The molecule has 0 spiro atoms. The Bertz CT molecular complexity index is 1690. The van der Waals surface area contributed by atoms with Crippen molar-refractivity contribution in [2.45, 2.75) is 51.0 Å². The van der Waals surface area contributed by atoms with Gasteiger partial charge in [-0.2, -0.15) is 0 Å². The summed E-state index contributed by atoms with van der Waals surface area (Å²) in [6, 6.07) is 20.0. The van der Waals surface area contributed by atoms with Crippen LogP contribution < -0.4 is 9.47 Å². The third-order valence-electron chi connectivity index (χ3n) is 8.25. The Morgan fingerprint density at radius 3 is 2.72 bits per heavy atom. The molecule has 2 fully saturated rings. The number of pyridine rings is 2. The first-order chi connectivity index (χ1) is 21.2. The standard InChI is InChI=1S/C33H33N5O4S/c39-22-42-25-6-8-29-30(17-25)38(19-26-12-16-40-26)32(35-29)20-37-14-10-23(11-15-37)28-4-1-5-33(36-28)41-21-27-7-9-31(43-27)24-3-2-13-34-18-24/h1-9,13,17-18,22-23,26H,10-12,14-16,19-21H2/t26-/m0/s1. The Morgan fingerprint density at radius 2 is 1.93 bits per heavy atom. The fraction of sp³-hybridized carbons (Fsp3) is 0.333. The molecule has 220 valence electrons. The summed E-state index contributed by atoms with van der Waals surface area (Å²) in [5.74, 6) is 2.60. The summed E-state index contributed by atoms with van der Waals surface area (Å²) in [6.45, 7) is 5.20. The number of imidazole rings is 1. The van der Waals surface area contributed by atoms with E-state index in [-0.39, 0.29) is 6.10 Å². The number of carbonyl (C=O) groups is 1. The molecule has 0 N–H and O–H groups in total. The predicted molar refractivity (Wildman–Crippen MR) is 164 cm³/mol. The van der Waals surface area contributed by atoms with Crippen molar-refractivity contribution >= 4 is 28.8 Å². The molecule has 9 nitrogen and oxygen atoms in total. The second-order valence-electron chi connectivity index (χ2n) is 11.0. The highest BCUT2D eigenvalue weighted by Crippen LogP contribution is 2.31. The van der Waals surface area contributed by atoms with Crippen molar-refractivity contribution in [3.63, 3.8) is 0 Å². The highest BCUT2D eigenvalue weighted by Gasteiger charge is 2.26. The van der Waals surface area contributed by atoms with Crippen LogP contribution in [0.1, 0.15) is 41.6 Å². The first-order valence-electron chi connectivity index (χ1n) is 14.7. The molecule has 0 amide bonds. The number of benzene rings is 1. The van der Waals surface area contributed by atoms with Gasteiger partial charge in [-0.3, -0.25) is 14.7 Å². The van der Waals surface area contributed by atoms with Crippen LogP contribution in [0.2, 0.25) is 0 Å². The van der Waals surface area contributed by atoms with Gasteiger partial charge in [0.25, 0.3) is 6.47 Å². The van der Waals surface area contributed by atoms with Crippen LogP contribution in [0, 0.1) is 0 Å². The molecule has 0 unspecified atom stereocenters. The average molecular weight is 596 g/mol. The van der Waals surface area contributed by atoms with Crippen molar-refractivity contribution in [3.8, 4) is 22.1 Å². The van der Waals surface area contributed by atoms with Crippen LogP contribution in [-0.2, 0) is 29.2 Å². The van der Waals surface area contributed by atoms with Gasteiger partial charge in [0.2, 0.25) is 5.88 Å². The van der Waals surface area contributed by atoms with Crippen molar-refractivity contribution in [1.82, 2.24) is 24.4 Å². The molecule has 5 aromatic rings. The molecule has 10 heteroatoms. The molecule has 7 rings (SSSR count). The van der Waals surface area contributed by atoms with Gasteiger partial charge in [0.1, 0.15) is 18.2 Å². The fourth-order valence-electron chi connectivity index (χ4n) is 5.83. The molecule has 4 aromatic heterocycles. The number of carbonyl (C=O) groups excluding carboxylic acids is 1. The summed E-state index contributed by atoms with van der Waals surface area (Å²) in [5, 5.41) is 0. The zero-order valence-corrected chi connectivity index (χ0v) is 24.6. The summed E-state index contributed by atoms with van der Waals surface area (Å²) in [5.41, 5.74) is 4.08. The zero-order chi connectivity index (χ0) is 29.0. The van der Waals surface area contributed by atoms with E-state index in [2.05, 4.69) is 38.7 Å². The summed E-state index contributed by atoms with van der Waals surface area (Å²) in [7, 11) is 0. The van der Waals surface area contributed by atoms with Crippen molar-refractivity contribution in [1.29, 1.82) is 0 Å². The molecule has 0 bridgehead atoms. The van der Waals surface area contributed by atoms with Gasteiger partial charge in [-0.1, -0.05) is 12.1 Å². The minimum Gasteiger partial charge on any atom is -0.472 e. The molecular weight excluding hydrogens is 562 g/mol. The van der Waals surface area contributed by atoms with Gasteiger partial charge in [-0.25, -0.2) is 9.97 Å². The average Bonchev–Trinajstić information content (AvgIpc) is 3.63. The van der Waals surface area contributed by atoms with E-state index in [1.807, 2.05) is 36.5 Å². The lowest BCUT2D eigenvalue weighted by molar-refractivity contribution is -0.120. The summed E-state index contributed by atoms with van der Waals surface area (Å²) in [4.78, 5) is 29.8. The number of fused-ring (bicyclic) bond motifs is 1. The first-order valence-corrected chi connectivity index (χ1v) is 15.6. The fourth-order valence-corrected chi connectivity index (χ4v) is 6.74. The lowest BCUT2D eigenvalue weighted by Crippen LogP contribution is -2.35. The molecule has 0 saturated carbocycles. The van der Waals surface area contributed by atoms with Gasteiger partial charge >= 0.3 is 0 Å². The van der Waals surface area contributed by atoms with E-state index in [9.17, 15) is 4.79 Å². The Labute approximate surface area is 254 Å². The highest BCUT2D eigenvalue weighted by atomic mass is 32.1. The van der Waals surface area contributed by atoms with Crippen LogP contribution in [-0.4, -0.2) is 56.7 Å². The van der Waals surface area contributed by atoms with E-state index in [0.29, 0.717) is 30.6 Å². The number of rotatable bonds is 11. The van der Waals surface area contributed by atoms with E-state index in [0.717, 1.165) is 85.0 Å². The lowest BCUT2D eigenvalue weighted by Gasteiger charge is -2.32. The number of hydrogen-bond donors (Lipinski definition) is 0. The Kier molecular flexibility index (Phi) is 8.13. The monoisotopic (exact) mass is 595 g/mol. The van der Waals surface area contributed by atoms with Crippen molar-refractivity contribution in [2.75, 3.05) is 19.7 Å². The van der Waals surface area contributed by atoms with Crippen LogP contribution >= 0.6 is 11.3 Å². The van der Waals surface area contributed by atoms with Gasteiger partial charge in [0.15, 0.2) is 0 Å². The van der Waals surface area contributed by atoms with Crippen molar-refractivity contribution in [3.05, 3.63) is 89.5 Å². The van der Waals surface area contributed by atoms with Gasteiger partial charge < -0.3 is 18.8 Å². The number of piperidine rings is 1. The number of thiophene rings is 1. The van der Waals surface area contributed by atoms with Crippen LogP contribution in [0.4, 0.5) is 0 Å². The molecule has 2 aliphatic rings. The maximum absolute atomic E-state index is 10.9. The molecule has 43 heavy (non-hydrogen) atoms. The molecule has 0 aliphatic carbocycles. The van der Waals surface area contributed by atoms with Crippen LogP contribution in [0.3, 0.4) is 0 Å². The van der Waals surface area contributed by atoms with Gasteiger partial charge in [-0.15, -0.1) is 11.3 Å². The van der Waals surface area contributed by atoms with E-state index >= 15 is 0 Å². The van der Waals surface area contributed by atoms with Gasteiger partial charge in [0.05, 0.1) is 30.2 Å². The molecule has 1 atom stereocenters. The van der Waals surface area contributed by atoms with Crippen LogP contribution in [0.5, 0.6) is 11.6 Å². The molecular formula is C33H33N5O4S. The topological polar surface area (TPSA) is 91.6 Å². The molecule has 1 aromatic carbocycles. The highest BCUT2D eigenvalue weighted by molar-refractivity contribution is 7.15. The molecule has 6 heterocycles. The SMILES string of the molecule is O=COc1ccc2nc(CN3CCC(c4cccc(OCc5ccc(-c6cccnc6)s5)n4)CC3)n(C[C@@H]3CCO3)c2c1. The lowest BCUT2D eigenvalue weighted by atomic mass is 9.93. The summed E-state index contributed by atoms with van der Waals surface area (Å²) >= 11 is 1.72. The summed E-state index contributed by atoms with van der Waals surface area (Å²) in [6.07, 6.45) is 6.97. The summed E-state index contributed by atoms with van der Waals surface area (Å²) < 4.78 is 19.2. The second kappa shape index (κ2) is 12.6. The number of aromatic nitrogens is 4. The number of nitrogens with zero attached hydrogens (tertiary/aromatic N) is 5. The first kappa shape index (κ1) is 27.7. The Morgan fingerprint density at radius 1 is 1.02 bits per heavy atom. The second-order valence-corrected chi connectivity index (χ2v) is 12.2. The zero-order valence-electron chi connectivity index (χ0n) is 23.8. The predicted octanol–water partition coefficient (Wildman–Crippen LogP) is 5.84. The largest absolute Gasteiger partial charge is 0.472 e. The van der Waals surface area contributed by atoms with Gasteiger partial charge in [0, 0.05) is 58.1 Å². The van der Waals surface area contributed by atoms with E-state index in [4.69, 9.17) is 24.2 Å². The minimum atomic E-state index is 0.195. The van der Waals surface area contributed by atoms with E-state index in [1.54, 1.807) is 23.6 Å². The Hall–Kier alpha value is -4.12. The quantitative estimate of drug-likeness (QED) is 0.176. The molecule has 2 aliphatic heterocycles. The smallest absolute Gasteiger partial charge is 0.298 e. The molecule has 2 saturated heterocycles. The van der Waals surface area contributed by atoms with E-state index < -0.39 is 0 Å². The van der Waals surface area contributed by atoms with E-state index in [1.165, 1.54) is 4.88 Å². The third kappa shape index (κ3) is 6.31. The maximum Gasteiger partial charge on any atom is 0.298 e. The van der Waals surface area contributed by atoms with Crippen LogP contribution in [0.25, 0.3) is 21.5 Å². The number of hydrogen-bond acceptors (Lipinski definition) is 9. The van der Waals surface area contributed by atoms with Gasteiger partial charge in [-0.05, 0) is 68.8 Å². The maximum atomic E-state index is 10.9. The van der Waals surface area contributed by atoms with Crippen LogP contribution in [0.15, 0.2) is 73.1 Å². The van der Waals surface area contributed by atoms with Crippen molar-refractivity contribution in [2.24, 2.45) is 0 Å². The minimum absolute atomic E-state index is 0.195. The van der Waals surface area contributed by atoms with Crippen molar-refractivity contribution < 1.29 is 19.0 Å². The molecule has 0 radical (unpaired) electrons. The normalized spacial score (nSPS) is 17.5. The third-order valence-corrected chi connectivity index (χ3v) is 9.36. The number of likely N-dealkylation sites (tertiary alicyclic amines) is 1. The number of ether oxygens (including phenoxy) is 3.